The molecule has 0 spiro atoms. The second-order valence-corrected chi connectivity index (χ2v) is 7.93. The topological polar surface area (TPSA) is 20.3 Å². The number of likely N-dealkylation sites (tertiary alicyclic amines) is 1. The number of anilines is 1. The quantitative estimate of drug-likeness (QED) is 0.745. The molecule has 1 atom stereocenters. The van der Waals surface area contributed by atoms with Crippen LogP contribution >= 0.6 is 0 Å². The molecule has 4 heteroatoms. The second-order valence-electron chi connectivity index (χ2n) is 7.93. The van der Waals surface area contributed by atoms with E-state index in [0.717, 1.165) is 60.3 Å². The lowest BCUT2D eigenvalue weighted by Crippen LogP contribution is -2.64. The normalized spacial score (nSPS) is 24.2. The molecular weight excluding hydrogens is 315 g/mol. The van der Waals surface area contributed by atoms with Gasteiger partial charge in [0.15, 0.2) is 6.04 Å². The Labute approximate surface area is 151 Å². The summed E-state index contributed by atoms with van der Waals surface area (Å²) in [5, 5.41) is 0. The first-order valence-corrected chi connectivity index (χ1v) is 9.92. The van der Waals surface area contributed by atoms with Crippen LogP contribution in [0.3, 0.4) is 0 Å². The maximum Gasteiger partial charge on any atom is 0.285 e. The van der Waals surface area contributed by atoms with Gasteiger partial charge in [0.05, 0.1) is 19.6 Å². The fraction of sp³-hybridized carbons (Fsp3) is 0.667. The molecule has 3 nitrogen and oxygen atoms in total. The van der Waals surface area contributed by atoms with Crippen molar-refractivity contribution in [2.24, 2.45) is 0 Å². The molecule has 2 saturated heterocycles. The van der Waals surface area contributed by atoms with E-state index in [4.69, 9.17) is 0 Å². The molecule has 0 radical (unpaired) electrons. The van der Waals surface area contributed by atoms with Crippen LogP contribution in [0, 0.1) is 19.7 Å². The van der Waals surface area contributed by atoms with Gasteiger partial charge in [-0.15, -0.1) is 0 Å². The predicted octanol–water partition coefficient (Wildman–Crippen LogP) is 4.35. The highest BCUT2D eigenvalue weighted by Gasteiger charge is 2.45. The third kappa shape index (κ3) is 3.46. The third-order valence-corrected chi connectivity index (χ3v) is 6.38. The van der Waals surface area contributed by atoms with Crippen molar-refractivity contribution in [3.05, 3.63) is 29.1 Å². The second kappa shape index (κ2) is 7.45. The van der Waals surface area contributed by atoms with Gasteiger partial charge in [0.25, 0.3) is 5.91 Å². The van der Waals surface area contributed by atoms with E-state index in [0.29, 0.717) is 0 Å². The van der Waals surface area contributed by atoms with Gasteiger partial charge in [-0.2, -0.15) is 0 Å². The van der Waals surface area contributed by atoms with E-state index in [2.05, 4.69) is 6.92 Å². The monoisotopic (exact) mass is 347 g/mol. The summed E-state index contributed by atoms with van der Waals surface area (Å²) in [5.74, 6) is 0.0390. The third-order valence-electron chi connectivity index (χ3n) is 6.38. The highest BCUT2D eigenvalue weighted by Crippen LogP contribution is 2.34. The van der Waals surface area contributed by atoms with Gasteiger partial charge >= 0.3 is 0 Å². The lowest BCUT2D eigenvalue weighted by atomic mass is 9.96. The zero-order chi connectivity index (χ0) is 18.0. The number of piperidine rings is 1. The molecule has 0 aliphatic carbocycles. The number of benzene rings is 1. The number of aryl methyl sites for hydroxylation is 2. The minimum Gasteiger partial charge on any atom is -0.314 e. The van der Waals surface area contributed by atoms with Gasteiger partial charge in [-0.3, -0.25) is 4.79 Å². The molecule has 2 aliphatic heterocycles. The van der Waals surface area contributed by atoms with E-state index in [1.807, 2.05) is 18.7 Å². The molecule has 1 aromatic carbocycles. The van der Waals surface area contributed by atoms with Crippen LogP contribution in [-0.4, -0.2) is 42.6 Å². The lowest BCUT2D eigenvalue weighted by molar-refractivity contribution is -0.941. The number of amides is 1. The Morgan fingerprint density at radius 3 is 2.24 bits per heavy atom. The van der Waals surface area contributed by atoms with Crippen LogP contribution < -0.4 is 4.90 Å². The molecule has 2 fully saturated rings. The SMILES string of the molecule is CC[N+]1(C2CCCN(c3c(C)cc(F)cc3C)C2=O)CCCCCC1. The first-order chi connectivity index (χ1) is 12.0. The Balaban J connectivity index is 1.93. The Bertz CT molecular complexity index is 612. The molecule has 1 unspecified atom stereocenters. The highest BCUT2D eigenvalue weighted by atomic mass is 19.1. The van der Waals surface area contributed by atoms with E-state index < -0.39 is 0 Å². The Morgan fingerprint density at radius 2 is 1.68 bits per heavy atom. The van der Waals surface area contributed by atoms with Gasteiger partial charge in [-0.05, 0) is 76.1 Å². The first kappa shape index (κ1) is 18.4. The number of carbonyl (C=O) groups is 1. The van der Waals surface area contributed by atoms with Crippen LogP contribution in [0.15, 0.2) is 12.1 Å². The smallest absolute Gasteiger partial charge is 0.285 e. The number of quaternary nitrogens is 1. The Hall–Kier alpha value is -1.42. The van der Waals surface area contributed by atoms with Crippen LogP contribution in [0.1, 0.15) is 56.6 Å². The predicted molar refractivity (Wildman–Crippen MR) is 100 cm³/mol. The molecule has 138 valence electrons. The minimum atomic E-state index is -0.218. The molecule has 0 N–H and O–H groups in total. The number of hydrogen-bond acceptors (Lipinski definition) is 1. The van der Waals surface area contributed by atoms with Crippen molar-refractivity contribution in [3.8, 4) is 0 Å². The van der Waals surface area contributed by atoms with Crippen molar-refractivity contribution in [3.63, 3.8) is 0 Å². The summed E-state index contributed by atoms with van der Waals surface area (Å²) >= 11 is 0. The summed E-state index contributed by atoms with van der Waals surface area (Å²) in [4.78, 5) is 15.5. The molecule has 0 bridgehead atoms. The average Bonchev–Trinajstić information content (AvgIpc) is 2.82. The Kier molecular flexibility index (Phi) is 5.47. The van der Waals surface area contributed by atoms with Crippen molar-refractivity contribution in [1.82, 2.24) is 0 Å². The van der Waals surface area contributed by atoms with E-state index in [1.54, 1.807) is 12.1 Å². The van der Waals surface area contributed by atoms with Crippen molar-refractivity contribution >= 4 is 11.6 Å². The van der Waals surface area contributed by atoms with E-state index in [1.165, 1.54) is 25.7 Å². The van der Waals surface area contributed by atoms with Gasteiger partial charge in [0, 0.05) is 18.7 Å². The fourth-order valence-corrected chi connectivity index (χ4v) is 5.08. The molecule has 3 rings (SSSR count). The maximum atomic E-state index is 13.7. The summed E-state index contributed by atoms with van der Waals surface area (Å²) < 4.78 is 14.6. The summed E-state index contributed by atoms with van der Waals surface area (Å²) in [6.45, 7) is 10.1. The number of nitrogens with zero attached hydrogens (tertiary/aromatic N) is 2. The summed E-state index contributed by atoms with van der Waals surface area (Å²) in [6, 6.07) is 3.17. The zero-order valence-corrected chi connectivity index (χ0v) is 16.0. The summed E-state index contributed by atoms with van der Waals surface area (Å²) in [7, 11) is 0. The van der Waals surface area contributed by atoms with Crippen LogP contribution in [-0.2, 0) is 4.79 Å². The lowest BCUT2D eigenvalue weighted by Gasteiger charge is -2.47. The van der Waals surface area contributed by atoms with Crippen LogP contribution in [0.2, 0.25) is 0 Å². The van der Waals surface area contributed by atoms with Crippen molar-refractivity contribution in [2.75, 3.05) is 31.1 Å². The van der Waals surface area contributed by atoms with Crippen molar-refractivity contribution in [1.29, 1.82) is 0 Å². The molecular formula is C21H32FN2O+. The van der Waals surface area contributed by atoms with E-state index >= 15 is 0 Å². The molecule has 2 heterocycles. The number of rotatable bonds is 3. The number of halogens is 1. The van der Waals surface area contributed by atoms with Crippen molar-refractivity contribution < 1.29 is 13.7 Å². The van der Waals surface area contributed by atoms with Gasteiger partial charge in [-0.1, -0.05) is 0 Å². The molecule has 0 aromatic heterocycles. The maximum absolute atomic E-state index is 13.7. The van der Waals surface area contributed by atoms with E-state index in [-0.39, 0.29) is 17.8 Å². The van der Waals surface area contributed by atoms with Gasteiger partial charge in [-0.25, -0.2) is 4.39 Å². The first-order valence-electron chi connectivity index (χ1n) is 9.92. The van der Waals surface area contributed by atoms with Crippen LogP contribution in [0.4, 0.5) is 10.1 Å². The number of hydrogen-bond donors (Lipinski definition) is 0. The summed E-state index contributed by atoms with van der Waals surface area (Å²) in [5.41, 5.74) is 2.66. The fourth-order valence-electron chi connectivity index (χ4n) is 5.08. The van der Waals surface area contributed by atoms with Gasteiger partial charge in [0.1, 0.15) is 5.82 Å². The molecule has 1 amide bonds. The van der Waals surface area contributed by atoms with Crippen LogP contribution in [0.5, 0.6) is 0 Å². The zero-order valence-electron chi connectivity index (χ0n) is 16.0. The largest absolute Gasteiger partial charge is 0.314 e. The van der Waals surface area contributed by atoms with E-state index in [9.17, 15) is 9.18 Å². The van der Waals surface area contributed by atoms with Gasteiger partial charge < -0.3 is 9.38 Å². The van der Waals surface area contributed by atoms with Crippen molar-refractivity contribution in [2.45, 2.75) is 65.3 Å². The minimum absolute atomic E-state index is 0.0701. The van der Waals surface area contributed by atoms with Crippen LogP contribution in [0.25, 0.3) is 0 Å². The molecule has 1 aromatic rings. The average molecular weight is 347 g/mol. The van der Waals surface area contributed by atoms with Gasteiger partial charge in [0.2, 0.25) is 0 Å². The Morgan fingerprint density at radius 1 is 1.08 bits per heavy atom. The number of likely N-dealkylation sites (N-methyl/N-ethyl adjacent to an activating group) is 1. The highest BCUT2D eigenvalue weighted by molar-refractivity contribution is 5.98. The summed E-state index contributed by atoms with van der Waals surface area (Å²) in [6.07, 6.45) is 7.06. The molecule has 2 aliphatic rings. The standard InChI is InChI=1S/C21H32FN2O/c1-4-24(12-7-5-6-8-13-24)19-10-9-11-23(21(19)25)20-16(2)14-18(22)15-17(20)3/h14-15,19H,4-13H2,1-3H3/q+1. The number of carbonyl (C=O) groups excluding carboxylic acids is 1. The molecule has 25 heavy (non-hydrogen) atoms. The molecule has 0 saturated carbocycles.